The molecule has 0 fully saturated rings. The van der Waals surface area contributed by atoms with Gasteiger partial charge in [-0.25, -0.2) is 39.5 Å². The molecule has 0 atom stereocenters. The molecule has 29 heavy (non-hydrogen) atoms. The van der Waals surface area contributed by atoms with E-state index in [1.807, 2.05) is 5.92 Å². The van der Waals surface area contributed by atoms with Gasteiger partial charge in [0.1, 0.15) is 0 Å². The fourth-order valence-corrected chi connectivity index (χ4v) is 2.46. The van der Waals surface area contributed by atoms with E-state index in [0.717, 1.165) is 0 Å². The molecule has 0 radical (unpaired) electrons. The van der Waals surface area contributed by atoms with Gasteiger partial charge in [0.25, 0.3) is 0 Å². The lowest BCUT2D eigenvalue weighted by Crippen LogP contribution is -2.10. The van der Waals surface area contributed by atoms with Crippen molar-refractivity contribution in [2.45, 2.75) is 0 Å². The van der Waals surface area contributed by atoms with Gasteiger partial charge in [-0.1, -0.05) is 30.0 Å². The molecule has 9 heteroatoms. The molecule has 0 aliphatic rings. The van der Waals surface area contributed by atoms with E-state index < -0.39 is 69.0 Å². The van der Waals surface area contributed by atoms with E-state index in [2.05, 4.69) is 5.92 Å². The molecule has 0 spiro atoms. The topological polar surface area (TPSA) is 0 Å². The van der Waals surface area contributed by atoms with Crippen molar-refractivity contribution in [1.29, 1.82) is 0 Å². The second-order valence-corrected chi connectivity index (χ2v) is 5.57. The third-order valence-corrected chi connectivity index (χ3v) is 3.83. The highest BCUT2D eigenvalue weighted by Crippen LogP contribution is 2.37. The average Bonchev–Trinajstić information content (AvgIpc) is 2.73. The molecule has 3 rings (SSSR count). The maximum atomic E-state index is 14.3. The van der Waals surface area contributed by atoms with E-state index in [-0.39, 0.29) is 5.56 Å². The van der Waals surface area contributed by atoms with Gasteiger partial charge in [-0.2, -0.15) is 0 Å². The van der Waals surface area contributed by atoms with Gasteiger partial charge in [-0.15, -0.1) is 0 Å². The van der Waals surface area contributed by atoms with Crippen LogP contribution >= 0.6 is 0 Å². The molecule has 0 amide bonds. The molecule has 0 unspecified atom stereocenters. The number of halogens is 9. The minimum atomic E-state index is -2.57. The first-order valence-electron chi connectivity index (χ1n) is 7.61. The van der Waals surface area contributed by atoms with E-state index in [1.165, 1.54) is 24.3 Å². The highest BCUT2D eigenvalue weighted by Gasteiger charge is 2.33. The van der Waals surface area contributed by atoms with Crippen LogP contribution in [0.4, 0.5) is 39.5 Å². The SMILES string of the molecule is Fc1c(F)c(F)c(-c2c(F)c(F)c(F)c(F)c2C#Cc2ccccc2)c(F)c1F. The lowest BCUT2D eigenvalue weighted by atomic mass is 9.96. The Hall–Kier alpha value is -3.41. The first-order chi connectivity index (χ1) is 13.7. The van der Waals surface area contributed by atoms with Crippen LogP contribution < -0.4 is 0 Å². The zero-order valence-corrected chi connectivity index (χ0v) is 13.8. The van der Waals surface area contributed by atoms with Gasteiger partial charge in [0.2, 0.25) is 5.82 Å². The van der Waals surface area contributed by atoms with Crippen LogP contribution in [0, 0.1) is 64.2 Å². The maximum absolute atomic E-state index is 14.3. The monoisotopic (exact) mass is 416 g/mol. The van der Waals surface area contributed by atoms with Crippen molar-refractivity contribution in [2.24, 2.45) is 0 Å². The molecule has 3 aromatic carbocycles. The van der Waals surface area contributed by atoms with Crippen LogP contribution in [0.3, 0.4) is 0 Å². The summed E-state index contributed by atoms with van der Waals surface area (Å²) >= 11 is 0. The smallest absolute Gasteiger partial charge is 0.200 e. The summed E-state index contributed by atoms with van der Waals surface area (Å²) in [6.07, 6.45) is 0. The number of rotatable bonds is 1. The Labute approximate surface area is 157 Å². The van der Waals surface area contributed by atoms with Crippen LogP contribution in [0.2, 0.25) is 0 Å². The molecular formula is C20H5F9. The van der Waals surface area contributed by atoms with Gasteiger partial charge >= 0.3 is 0 Å². The molecule has 0 nitrogen and oxygen atoms in total. The molecular weight excluding hydrogens is 411 g/mol. The van der Waals surface area contributed by atoms with Crippen molar-refractivity contribution in [2.75, 3.05) is 0 Å². The van der Waals surface area contributed by atoms with Crippen molar-refractivity contribution < 1.29 is 39.5 Å². The van der Waals surface area contributed by atoms with Gasteiger partial charge in [0.05, 0.1) is 11.1 Å². The molecule has 0 saturated heterocycles. The molecule has 0 aromatic heterocycles. The van der Waals surface area contributed by atoms with Gasteiger partial charge in [-0.05, 0) is 12.1 Å². The highest BCUT2D eigenvalue weighted by molar-refractivity contribution is 5.74. The third kappa shape index (κ3) is 3.31. The van der Waals surface area contributed by atoms with Crippen molar-refractivity contribution in [3.63, 3.8) is 0 Å². The van der Waals surface area contributed by atoms with E-state index in [1.54, 1.807) is 6.07 Å². The zero-order chi connectivity index (χ0) is 21.5. The predicted octanol–water partition coefficient (Wildman–Crippen LogP) is 6.01. The largest absolute Gasteiger partial charge is 0.203 e. The fraction of sp³-hybridized carbons (Fsp3) is 0. The van der Waals surface area contributed by atoms with Gasteiger partial charge < -0.3 is 0 Å². The summed E-state index contributed by atoms with van der Waals surface area (Å²) < 4.78 is 124. The van der Waals surface area contributed by atoms with Gasteiger partial charge in [0, 0.05) is 11.1 Å². The average molecular weight is 416 g/mol. The Morgan fingerprint density at radius 3 is 1.34 bits per heavy atom. The Bertz CT molecular complexity index is 1160. The molecule has 148 valence electrons. The number of benzene rings is 3. The third-order valence-electron chi connectivity index (χ3n) is 3.83. The minimum absolute atomic E-state index is 0.153. The van der Waals surface area contributed by atoms with Crippen molar-refractivity contribution in [1.82, 2.24) is 0 Å². The predicted molar refractivity (Wildman–Crippen MR) is 83.9 cm³/mol. The van der Waals surface area contributed by atoms with E-state index >= 15 is 0 Å². The maximum Gasteiger partial charge on any atom is 0.200 e. The fourth-order valence-electron chi connectivity index (χ4n) is 2.46. The molecule has 0 bridgehead atoms. The van der Waals surface area contributed by atoms with Crippen LogP contribution in [-0.4, -0.2) is 0 Å². The number of hydrogen-bond donors (Lipinski definition) is 0. The van der Waals surface area contributed by atoms with Crippen molar-refractivity contribution >= 4 is 0 Å². The van der Waals surface area contributed by atoms with Gasteiger partial charge in [-0.3, -0.25) is 0 Å². The van der Waals surface area contributed by atoms with Crippen LogP contribution in [0.1, 0.15) is 11.1 Å². The van der Waals surface area contributed by atoms with Crippen LogP contribution in [0.15, 0.2) is 30.3 Å². The molecule has 0 heterocycles. The summed E-state index contributed by atoms with van der Waals surface area (Å²) in [7, 11) is 0. The van der Waals surface area contributed by atoms with E-state index in [9.17, 15) is 39.5 Å². The summed E-state index contributed by atoms with van der Waals surface area (Å²) in [6.45, 7) is 0. The van der Waals surface area contributed by atoms with Crippen molar-refractivity contribution in [3.8, 4) is 23.0 Å². The summed E-state index contributed by atoms with van der Waals surface area (Å²) in [6, 6.07) is 7.29. The normalized spacial score (nSPS) is 10.7. The lowest BCUT2D eigenvalue weighted by molar-refractivity contribution is 0.379. The standard InChI is InChI=1S/C20H5F9/c21-12-9(7-6-8-4-2-1-3-5-8)10(13(22)17(26)16(12)25)11-14(23)18(27)20(29)19(28)15(11)24/h1-5H. The van der Waals surface area contributed by atoms with Crippen LogP contribution in [-0.2, 0) is 0 Å². The molecule has 0 aliphatic carbocycles. The van der Waals surface area contributed by atoms with E-state index in [0.29, 0.717) is 0 Å². The molecule has 0 saturated carbocycles. The van der Waals surface area contributed by atoms with Crippen molar-refractivity contribution in [3.05, 3.63) is 93.8 Å². The quantitative estimate of drug-likeness (QED) is 0.197. The molecule has 3 aromatic rings. The summed E-state index contributed by atoms with van der Waals surface area (Å²) in [4.78, 5) is 0. The Morgan fingerprint density at radius 1 is 0.414 bits per heavy atom. The second-order valence-electron chi connectivity index (χ2n) is 5.57. The lowest BCUT2D eigenvalue weighted by Gasteiger charge is -2.13. The Kier molecular flexibility index (Phi) is 5.29. The zero-order valence-electron chi connectivity index (χ0n) is 13.8. The first kappa shape index (κ1) is 20.3. The summed E-state index contributed by atoms with van der Waals surface area (Å²) in [5.74, 6) is -18.0. The molecule has 0 N–H and O–H groups in total. The highest BCUT2D eigenvalue weighted by atomic mass is 19.2. The summed E-state index contributed by atoms with van der Waals surface area (Å²) in [5, 5.41) is 0. The van der Waals surface area contributed by atoms with E-state index in [4.69, 9.17) is 0 Å². The number of hydrogen-bond acceptors (Lipinski definition) is 0. The Morgan fingerprint density at radius 2 is 0.828 bits per heavy atom. The van der Waals surface area contributed by atoms with Crippen LogP contribution in [0.25, 0.3) is 11.1 Å². The van der Waals surface area contributed by atoms with Crippen LogP contribution in [0.5, 0.6) is 0 Å². The molecule has 0 aliphatic heterocycles. The minimum Gasteiger partial charge on any atom is -0.203 e. The Balaban J connectivity index is 2.44. The second kappa shape index (κ2) is 7.54. The van der Waals surface area contributed by atoms with Gasteiger partial charge in [0.15, 0.2) is 46.5 Å². The summed E-state index contributed by atoms with van der Waals surface area (Å²) in [5.41, 5.74) is -4.99. The first-order valence-corrected chi connectivity index (χ1v) is 7.61.